The summed E-state index contributed by atoms with van der Waals surface area (Å²) in [7, 11) is -1.39. The molecule has 13 aromatic carbocycles. The molecule has 0 aliphatic heterocycles. The highest BCUT2D eigenvalue weighted by atomic mass is 32.1. The third-order valence-electron chi connectivity index (χ3n) is 25.1. The summed E-state index contributed by atoms with van der Waals surface area (Å²) in [6.07, 6.45) is 16.4. The molecule has 7 aromatic heterocycles. The Labute approximate surface area is 646 Å². The Hall–Kier alpha value is -11.3. The first kappa shape index (κ1) is 63.6. The van der Waals surface area contributed by atoms with E-state index >= 15 is 0 Å². The SMILES string of the molecule is O=[N+]([O-])c1cc2c(cc1-c1ccc3c(c1)sc1cc4c(cc13)CC4)CC2.OB(O)c1ccc2c(c1)sc1cc3c(cc12)CC3.c1c2c(cc3c1[nH]c1cc4c(cc13)sc1cc3c(cc14)CC3)CC2.c1ccc(-c2nc(-c3ccccc3)nc(-n3c4cc5c(cc4c4cc6sc7cc8c(cc7c6cc43)CC8)CC5)n2)cc1. The van der Waals surface area contributed by atoms with Crippen LogP contribution in [0.4, 0.5) is 5.69 Å². The molecule has 0 saturated heterocycles. The normalized spacial score (nSPS) is 14.4. The molecule has 7 aliphatic carbocycles. The van der Waals surface area contributed by atoms with Crippen molar-refractivity contribution < 1.29 is 15.0 Å². The van der Waals surface area contributed by atoms with Crippen LogP contribution < -0.4 is 5.46 Å². The maximum Gasteiger partial charge on any atom is 0.488 e. The Morgan fingerprint density at radius 2 is 0.691 bits per heavy atom. The van der Waals surface area contributed by atoms with E-state index in [-0.39, 0.29) is 10.6 Å². The molecule has 0 spiro atoms. The third-order valence-corrected chi connectivity index (χ3v) is 29.6. The second-order valence-corrected chi connectivity index (χ2v) is 35.5. The van der Waals surface area contributed by atoms with Gasteiger partial charge in [-0.05, 0) is 294 Å². The van der Waals surface area contributed by atoms with Gasteiger partial charge in [-0.1, -0.05) is 84.9 Å². The fourth-order valence-corrected chi connectivity index (χ4v) is 23.0. The summed E-state index contributed by atoms with van der Waals surface area (Å²) < 4.78 is 12.8. The van der Waals surface area contributed by atoms with Crippen LogP contribution in [0.25, 0.3) is 164 Å². The summed E-state index contributed by atoms with van der Waals surface area (Å²) in [5.74, 6) is 2.02. The first-order chi connectivity index (χ1) is 54.0. The monoisotopic (exact) mass is 1490 g/mol. The van der Waals surface area contributed by atoms with E-state index in [1.165, 1.54) is 234 Å². The van der Waals surface area contributed by atoms with Crippen molar-refractivity contribution in [1.82, 2.24) is 24.5 Å². The summed E-state index contributed by atoms with van der Waals surface area (Å²) in [4.78, 5) is 30.3. The number of hydrogen-bond donors (Lipinski definition) is 3. The highest BCUT2D eigenvalue weighted by Crippen LogP contribution is 2.48. The zero-order chi connectivity index (χ0) is 72.5. The van der Waals surface area contributed by atoms with E-state index in [2.05, 4.69) is 143 Å². The molecule has 526 valence electrons. The second-order valence-electron chi connectivity index (χ2n) is 31.2. The Bertz CT molecular complexity index is 7350. The van der Waals surface area contributed by atoms with Crippen LogP contribution >= 0.6 is 45.3 Å². The lowest BCUT2D eigenvalue weighted by molar-refractivity contribution is -0.384. The fraction of sp³-hybridized carbons (Fsp3) is 0.147. The minimum Gasteiger partial charge on any atom is -0.423 e. The van der Waals surface area contributed by atoms with Crippen molar-refractivity contribution in [2.75, 3.05) is 0 Å². The Balaban J connectivity index is 0.0000000902. The third kappa shape index (κ3) is 10.0. The van der Waals surface area contributed by atoms with Gasteiger partial charge in [-0.3, -0.25) is 14.7 Å². The maximum absolute atomic E-state index is 11.6. The summed E-state index contributed by atoms with van der Waals surface area (Å²) in [5, 5.41) is 46.0. The maximum atomic E-state index is 11.6. The Kier molecular flexibility index (Phi) is 14.0. The molecule has 27 rings (SSSR count). The van der Waals surface area contributed by atoms with Crippen LogP contribution in [0.2, 0.25) is 0 Å². The van der Waals surface area contributed by atoms with Gasteiger partial charge >= 0.3 is 7.12 Å². The minimum absolute atomic E-state index is 0.228. The Morgan fingerprint density at radius 1 is 0.327 bits per heavy atom. The zero-order valence-corrected chi connectivity index (χ0v) is 63.0. The molecular weight excluding hydrogens is 1430 g/mol. The van der Waals surface area contributed by atoms with Gasteiger partial charge in [-0.25, -0.2) is 4.98 Å². The van der Waals surface area contributed by atoms with Gasteiger partial charge in [-0.15, -0.1) is 45.3 Å². The molecule has 10 nitrogen and oxygen atoms in total. The van der Waals surface area contributed by atoms with Crippen molar-refractivity contribution in [3.8, 4) is 39.9 Å². The number of nitrogens with zero attached hydrogens (tertiary/aromatic N) is 5. The highest BCUT2D eigenvalue weighted by Gasteiger charge is 2.29. The smallest absolute Gasteiger partial charge is 0.423 e. The minimum atomic E-state index is -1.39. The van der Waals surface area contributed by atoms with Crippen LogP contribution in [0, 0.1) is 10.1 Å². The first-order valence-electron chi connectivity index (χ1n) is 38.4. The molecule has 7 aliphatic rings. The number of nitro groups is 1. The standard InChI is InChI=1S/C37H24N4S.C22H15NO2S.C22H15NS.C14H11BO2S/c1-3-7-21(8-4-1)35-38-36(22-9-5-2-6-10-22)40-37(39-35)41-31-17-25-13-11-23(25)15-27(31)28-20-34-30(19-32(28)41)29-16-24-12-14-26(24)18-33(29)42-34;24-23(25)20-9-14-3-1-12(14)7-18(20)16-5-6-17-19-8-13-2-4-15(13)10-22(19)26-21(17)11-16;1-3-13-7-19-15(5-11(1)13)16-10-22-18(9-20(16)23-19)17-6-12-2-4-14(12)8-21(17)24-22;16-15(17)10-3-4-11-12-5-8-1-2-9(8)6-13(12)18-14(11)7-10/h1-10,15-20H,11-14H2;5-11H,1-4H2;5-10,23H,1-4H2;3-7,16-17H,1-2H2. The van der Waals surface area contributed by atoms with E-state index in [0.717, 1.165) is 63.7 Å². The lowest BCUT2D eigenvalue weighted by Crippen LogP contribution is -2.29. The lowest BCUT2D eigenvalue weighted by Gasteiger charge is -2.19. The number of aryl methyl sites for hydroxylation is 14. The zero-order valence-electron chi connectivity index (χ0n) is 59.7. The largest absolute Gasteiger partial charge is 0.488 e. The molecule has 0 amide bonds. The van der Waals surface area contributed by atoms with Gasteiger partial charge in [0.05, 0.1) is 21.5 Å². The van der Waals surface area contributed by atoms with Crippen molar-refractivity contribution in [3.05, 3.63) is 294 Å². The van der Waals surface area contributed by atoms with Gasteiger partial charge in [0.1, 0.15) is 0 Å². The number of rotatable bonds is 6. The number of aromatic nitrogens is 5. The van der Waals surface area contributed by atoms with Crippen LogP contribution in [0.5, 0.6) is 0 Å². The number of nitro benzene ring substituents is 1. The van der Waals surface area contributed by atoms with Gasteiger partial charge in [0, 0.05) is 130 Å². The number of hydrogen-bond acceptors (Lipinski definition) is 11. The summed E-state index contributed by atoms with van der Waals surface area (Å²) in [6.45, 7) is 0. The number of aromatic amines is 1. The predicted molar refractivity (Wildman–Crippen MR) is 459 cm³/mol. The highest BCUT2D eigenvalue weighted by molar-refractivity contribution is 7.27. The quantitative estimate of drug-likeness (QED) is 0.0855. The van der Waals surface area contributed by atoms with Crippen molar-refractivity contribution in [1.29, 1.82) is 0 Å². The van der Waals surface area contributed by atoms with Crippen LogP contribution in [-0.2, 0) is 89.9 Å². The predicted octanol–water partition coefficient (Wildman–Crippen LogP) is 22.4. The second kappa shape index (κ2) is 24.1. The molecular formula is C95H65BN6O4S4. The van der Waals surface area contributed by atoms with E-state index in [1.54, 1.807) is 51.5 Å². The molecule has 0 saturated carbocycles. The average molecular weight is 1490 g/mol. The van der Waals surface area contributed by atoms with Crippen LogP contribution in [0.1, 0.15) is 77.9 Å². The van der Waals surface area contributed by atoms with Gasteiger partial charge in [0.2, 0.25) is 5.95 Å². The number of fused-ring (bicyclic) bond motifs is 25. The molecule has 0 atom stereocenters. The topological polar surface area (TPSA) is 143 Å². The van der Waals surface area contributed by atoms with Crippen molar-refractivity contribution in [2.45, 2.75) is 89.9 Å². The number of thiophene rings is 4. The molecule has 0 unspecified atom stereocenters. The summed E-state index contributed by atoms with van der Waals surface area (Å²) in [5.41, 5.74) is 29.7. The number of H-pyrrole nitrogens is 1. The van der Waals surface area contributed by atoms with E-state index in [1.807, 2.05) is 83.3 Å². The van der Waals surface area contributed by atoms with E-state index in [4.69, 9.17) is 15.0 Å². The molecule has 0 fully saturated rings. The molecule has 3 N–H and O–H groups in total. The number of nitrogens with one attached hydrogen (secondary N) is 1. The van der Waals surface area contributed by atoms with Crippen molar-refractivity contribution >= 4 is 188 Å². The number of benzene rings is 13. The van der Waals surface area contributed by atoms with E-state index in [0.29, 0.717) is 23.1 Å². The molecule has 7 heterocycles. The van der Waals surface area contributed by atoms with Crippen LogP contribution in [0.3, 0.4) is 0 Å². The summed E-state index contributed by atoms with van der Waals surface area (Å²) in [6, 6.07) is 74.3. The van der Waals surface area contributed by atoms with Crippen LogP contribution in [-0.4, -0.2) is 46.6 Å². The van der Waals surface area contributed by atoms with Gasteiger partial charge < -0.3 is 15.0 Å². The Morgan fingerprint density at radius 3 is 1.20 bits per heavy atom. The molecule has 0 bridgehead atoms. The van der Waals surface area contributed by atoms with Gasteiger partial charge in [-0.2, -0.15) is 9.97 Å². The molecule has 110 heavy (non-hydrogen) atoms. The molecule has 15 heteroatoms. The van der Waals surface area contributed by atoms with Gasteiger partial charge in [0.25, 0.3) is 5.69 Å². The van der Waals surface area contributed by atoms with Crippen molar-refractivity contribution in [3.63, 3.8) is 0 Å². The lowest BCUT2D eigenvalue weighted by atomic mass is 9.80. The van der Waals surface area contributed by atoms with E-state index in [9.17, 15) is 20.2 Å². The van der Waals surface area contributed by atoms with E-state index < -0.39 is 7.12 Å². The average Bonchev–Trinajstić information content (AvgIpc) is 1.59. The molecule has 20 aromatic rings. The van der Waals surface area contributed by atoms with Crippen LogP contribution in [0.15, 0.2) is 206 Å². The summed E-state index contributed by atoms with van der Waals surface area (Å²) >= 11 is 7.39. The fourth-order valence-electron chi connectivity index (χ4n) is 18.2. The first-order valence-corrected chi connectivity index (χ1v) is 41.7. The van der Waals surface area contributed by atoms with Crippen molar-refractivity contribution in [2.24, 2.45) is 0 Å². The molecule has 0 radical (unpaired) electrons. The van der Waals surface area contributed by atoms with Gasteiger partial charge in [0.15, 0.2) is 11.6 Å².